The van der Waals surface area contributed by atoms with Crippen molar-refractivity contribution in [3.63, 3.8) is 0 Å². The summed E-state index contributed by atoms with van der Waals surface area (Å²) in [5.41, 5.74) is 2.37. The Labute approximate surface area is 156 Å². The highest BCUT2D eigenvalue weighted by atomic mass is 16.3. The molecule has 0 aliphatic heterocycles. The number of rotatable bonds is 4. The van der Waals surface area contributed by atoms with Crippen LogP contribution in [0.2, 0.25) is 0 Å². The van der Waals surface area contributed by atoms with Crippen molar-refractivity contribution in [2.45, 2.75) is 0 Å². The van der Waals surface area contributed by atoms with Crippen molar-refractivity contribution in [1.82, 2.24) is 0 Å². The van der Waals surface area contributed by atoms with Gasteiger partial charge in [0.1, 0.15) is 22.8 Å². The minimum atomic E-state index is 0.0841. The van der Waals surface area contributed by atoms with E-state index in [2.05, 4.69) is 20.5 Å². The van der Waals surface area contributed by atoms with E-state index < -0.39 is 0 Å². The zero-order valence-electron chi connectivity index (χ0n) is 14.4. The van der Waals surface area contributed by atoms with Gasteiger partial charge in [-0.15, -0.1) is 15.3 Å². The smallest absolute Gasteiger partial charge is 0.143 e. The minimum Gasteiger partial charge on any atom is -0.506 e. The first-order valence-corrected chi connectivity index (χ1v) is 8.49. The number of phenols is 1. The quantitative estimate of drug-likeness (QED) is 0.382. The fourth-order valence-corrected chi connectivity index (χ4v) is 2.69. The van der Waals surface area contributed by atoms with E-state index in [0.29, 0.717) is 17.1 Å². The summed E-state index contributed by atoms with van der Waals surface area (Å²) in [7, 11) is 0. The Morgan fingerprint density at radius 1 is 0.519 bits per heavy atom. The number of benzene rings is 4. The Hall–Kier alpha value is -3.86. The molecule has 0 saturated carbocycles. The van der Waals surface area contributed by atoms with Crippen LogP contribution < -0.4 is 0 Å². The summed E-state index contributed by atoms with van der Waals surface area (Å²) in [5.74, 6) is 0.0841. The maximum absolute atomic E-state index is 10.2. The summed E-state index contributed by atoms with van der Waals surface area (Å²) in [6.07, 6.45) is 0. The first kappa shape index (κ1) is 16.6. The average Bonchev–Trinajstić information content (AvgIpc) is 2.73. The molecule has 0 amide bonds. The van der Waals surface area contributed by atoms with E-state index in [-0.39, 0.29) is 5.75 Å². The van der Waals surface area contributed by atoms with Gasteiger partial charge in [0, 0.05) is 5.39 Å². The Bertz CT molecular complexity index is 1140. The topological polar surface area (TPSA) is 69.7 Å². The van der Waals surface area contributed by atoms with Crippen molar-refractivity contribution in [2.75, 3.05) is 0 Å². The summed E-state index contributed by atoms with van der Waals surface area (Å²) in [5, 5.41) is 29.2. The lowest BCUT2D eigenvalue weighted by Gasteiger charge is -2.04. The Kier molecular flexibility index (Phi) is 4.66. The molecule has 1 N–H and O–H groups in total. The fraction of sp³-hybridized carbons (Fsp3) is 0. The Balaban J connectivity index is 1.70. The molecule has 0 aliphatic carbocycles. The highest BCUT2D eigenvalue weighted by molar-refractivity contribution is 5.95. The van der Waals surface area contributed by atoms with E-state index in [1.165, 1.54) is 0 Å². The zero-order chi connectivity index (χ0) is 18.5. The predicted octanol–water partition coefficient (Wildman–Crippen LogP) is 7.38. The van der Waals surface area contributed by atoms with Gasteiger partial charge in [0.05, 0.1) is 5.69 Å². The molecule has 4 aromatic carbocycles. The molecule has 0 aliphatic rings. The molecule has 4 aromatic rings. The molecule has 4 rings (SSSR count). The second kappa shape index (κ2) is 7.58. The van der Waals surface area contributed by atoms with E-state index in [0.717, 1.165) is 16.5 Å². The lowest BCUT2D eigenvalue weighted by molar-refractivity contribution is 0.477. The number of phenolic OH excluding ortho intramolecular Hbond substituents is 1. The van der Waals surface area contributed by atoms with E-state index in [9.17, 15) is 5.11 Å². The van der Waals surface area contributed by atoms with Crippen LogP contribution in [-0.2, 0) is 0 Å². The third kappa shape index (κ3) is 3.72. The van der Waals surface area contributed by atoms with Crippen molar-refractivity contribution in [1.29, 1.82) is 0 Å². The molecule has 130 valence electrons. The summed E-state index contributed by atoms with van der Waals surface area (Å²) >= 11 is 0. The van der Waals surface area contributed by atoms with Gasteiger partial charge in [-0.25, -0.2) is 0 Å². The normalized spacial score (nSPS) is 11.6. The third-order valence-corrected chi connectivity index (χ3v) is 4.05. The largest absolute Gasteiger partial charge is 0.506 e. The van der Waals surface area contributed by atoms with Crippen molar-refractivity contribution < 1.29 is 5.11 Å². The second-order valence-electron chi connectivity index (χ2n) is 5.88. The van der Waals surface area contributed by atoms with Crippen molar-refractivity contribution >= 4 is 33.5 Å². The van der Waals surface area contributed by atoms with E-state index in [4.69, 9.17) is 0 Å². The van der Waals surface area contributed by atoms with E-state index >= 15 is 0 Å². The minimum absolute atomic E-state index is 0.0841. The lowest BCUT2D eigenvalue weighted by atomic mass is 10.1. The number of hydrogen-bond donors (Lipinski definition) is 1. The highest BCUT2D eigenvalue weighted by Crippen LogP contribution is 2.37. The Morgan fingerprint density at radius 2 is 1.15 bits per heavy atom. The van der Waals surface area contributed by atoms with Crippen LogP contribution in [0.5, 0.6) is 5.75 Å². The molecule has 0 heterocycles. The van der Waals surface area contributed by atoms with Crippen LogP contribution in [0.4, 0.5) is 22.7 Å². The van der Waals surface area contributed by atoms with Crippen LogP contribution in [0.3, 0.4) is 0 Å². The van der Waals surface area contributed by atoms with Gasteiger partial charge >= 0.3 is 0 Å². The predicted molar refractivity (Wildman–Crippen MR) is 107 cm³/mol. The summed E-state index contributed by atoms with van der Waals surface area (Å²) < 4.78 is 0. The second-order valence-corrected chi connectivity index (χ2v) is 5.88. The van der Waals surface area contributed by atoms with Crippen LogP contribution in [-0.4, -0.2) is 5.11 Å². The molecule has 0 bridgehead atoms. The SMILES string of the molecule is Oc1ccc2ccccc2c1/N=N/c1ccccc1/N=N/c1ccccc1. The number of azo groups is 2. The summed E-state index contributed by atoms with van der Waals surface area (Å²) in [6.45, 7) is 0. The van der Waals surface area contributed by atoms with Crippen LogP contribution in [0, 0.1) is 0 Å². The van der Waals surface area contributed by atoms with Crippen molar-refractivity contribution in [2.24, 2.45) is 20.5 Å². The van der Waals surface area contributed by atoms with Gasteiger partial charge in [-0.05, 0) is 35.7 Å². The molecule has 0 unspecified atom stereocenters. The molecular weight excluding hydrogens is 336 g/mol. The fourth-order valence-electron chi connectivity index (χ4n) is 2.69. The average molecular weight is 352 g/mol. The molecule has 0 spiro atoms. The van der Waals surface area contributed by atoms with Gasteiger partial charge in [-0.3, -0.25) is 0 Å². The first-order valence-electron chi connectivity index (χ1n) is 8.49. The maximum Gasteiger partial charge on any atom is 0.143 e. The van der Waals surface area contributed by atoms with Gasteiger partial charge < -0.3 is 5.11 Å². The molecule has 27 heavy (non-hydrogen) atoms. The van der Waals surface area contributed by atoms with Crippen LogP contribution in [0.1, 0.15) is 0 Å². The molecule has 0 fully saturated rings. The summed E-state index contributed by atoms with van der Waals surface area (Å²) in [4.78, 5) is 0. The first-order chi connectivity index (χ1) is 13.3. The number of fused-ring (bicyclic) bond motifs is 1. The third-order valence-electron chi connectivity index (χ3n) is 4.05. The van der Waals surface area contributed by atoms with Gasteiger partial charge in [0.2, 0.25) is 0 Å². The number of hydrogen-bond acceptors (Lipinski definition) is 5. The van der Waals surface area contributed by atoms with Gasteiger partial charge in [-0.1, -0.05) is 60.7 Å². The Morgan fingerprint density at radius 3 is 1.93 bits per heavy atom. The van der Waals surface area contributed by atoms with Crippen LogP contribution in [0.15, 0.2) is 111 Å². The number of nitrogens with zero attached hydrogens (tertiary/aromatic N) is 4. The molecule has 0 saturated heterocycles. The molecule has 5 heteroatoms. The van der Waals surface area contributed by atoms with E-state index in [1.54, 1.807) is 6.07 Å². The molecule has 0 radical (unpaired) electrons. The molecule has 0 aromatic heterocycles. The van der Waals surface area contributed by atoms with Crippen molar-refractivity contribution in [3.8, 4) is 5.75 Å². The van der Waals surface area contributed by atoms with E-state index in [1.807, 2.05) is 84.9 Å². The standard InChI is InChI=1S/C22H16N4O/c27-21-15-14-16-8-4-5-11-18(16)22(21)26-25-20-13-7-6-12-19(20)24-23-17-9-2-1-3-10-17/h1-15,27H/b24-23+,26-25+. The van der Waals surface area contributed by atoms with Gasteiger partial charge in [0.25, 0.3) is 0 Å². The summed E-state index contributed by atoms with van der Waals surface area (Å²) in [6, 6.07) is 28.1. The zero-order valence-corrected chi connectivity index (χ0v) is 14.4. The van der Waals surface area contributed by atoms with Crippen LogP contribution >= 0.6 is 0 Å². The van der Waals surface area contributed by atoms with Gasteiger partial charge in [0.15, 0.2) is 0 Å². The van der Waals surface area contributed by atoms with Crippen LogP contribution in [0.25, 0.3) is 10.8 Å². The van der Waals surface area contributed by atoms with Gasteiger partial charge in [-0.2, -0.15) is 5.11 Å². The maximum atomic E-state index is 10.2. The monoisotopic (exact) mass is 352 g/mol. The number of aromatic hydroxyl groups is 1. The molecule has 0 atom stereocenters. The highest BCUT2D eigenvalue weighted by Gasteiger charge is 2.06. The van der Waals surface area contributed by atoms with Crippen molar-refractivity contribution in [3.05, 3.63) is 91.0 Å². The molecular formula is C22H16N4O. The molecule has 5 nitrogen and oxygen atoms in total. The lowest BCUT2D eigenvalue weighted by Crippen LogP contribution is -1.75.